The molecule has 0 atom stereocenters. The maximum absolute atomic E-state index is 12.7. The fraction of sp³-hybridized carbons (Fsp3) is 0.688. The zero-order valence-electron chi connectivity index (χ0n) is 13.9. The predicted octanol–water partition coefficient (Wildman–Crippen LogP) is 3.09. The Morgan fingerprint density at radius 2 is 2.00 bits per heavy atom. The van der Waals surface area contributed by atoms with Gasteiger partial charge in [-0.1, -0.05) is 20.3 Å². The van der Waals surface area contributed by atoms with E-state index < -0.39 is 10.0 Å². The number of rotatable bonds is 7. The van der Waals surface area contributed by atoms with E-state index in [1.807, 2.05) is 0 Å². The fourth-order valence-corrected chi connectivity index (χ4v) is 5.54. The average molecular weight is 359 g/mol. The van der Waals surface area contributed by atoms with Crippen molar-refractivity contribution in [1.29, 1.82) is 0 Å². The molecule has 0 bridgehead atoms. The van der Waals surface area contributed by atoms with Gasteiger partial charge in [0.25, 0.3) is 5.91 Å². The van der Waals surface area contributed by atoms with Gasteiger partial charge in [-0.3, -0.25) is 4.79 Å². The molecule has 0 radical (unpaired) electrons. The summed E-state index contributed by atoms with van der Waals surface area (Å²) in [4.78, 5) is 12.8. The fourth-order valence-electron chi connectivity index (χ4n) is 2.70. The molecule has 7 heteroatoms. The van der Waals surface area contributed by atoms with Gasteiger partial charge in [-0.25, -0.2) is 8.42 Å². The number of carbonyl (C=O) groups excluding carboxylic acids is 1. The third-order valence-electron chi connectivity index (χ3n) is 4.01. The molecule has 1 aromatic heterocycles. The molecular weight excluding hydrogens is 332 g/mol. The summed E-state index contributed by atoms with van der Waals surface area (Å²) in [6.07, 6.45) is 4.80. The van der Waals surface area contributed by atoms with Crippen molar-refractivity contribution in [3.63, 3.8) is 0 Å². The molecule has 1 fully saturated rings. The molecule has 1 amide bonds. The second kappa shape index (κ2) is 8.26. The Balaban J connectivity index is 2.04. The van der Waals surface area contributed by atoms with E-state index in [1.54, 1.807) is 11.4 Å². The molecule has 130 valence electrons. The van der Waals surface area contributed by atoms with Gasteiger partial charge in [0.1, 0.15) is 9.77 Å². The Morgan fingerprint density at radius 1 is 1.30 bits per heavy atom. The lowest BCUT2D eigenvalue weighted by atomic mass is 10.1. The molecule has 0 unspecified atom stereocenters. The lowest BCUT2D eigenvalue weighted by molar-refractivity contribution is 0.0953. The van der Waals surface area contributed by atoms with E-state index in [9.17, 15) is 13.2 Å². The molecule has 1 saturated heterocycles. The van der Waals surface area contributed by atoms with Crippen LogP contribution in [0.2, 0.25) is 0 Å². The van der Waals surface area contributed by atoms with E-state index in [0.717, 1.165) is 32.1 Å². The van der Waals surface area contributed by atoms with Gasteiger partial charge in [0.15, 0.2) is 0 Å². The number of piperidine rings is 1. The predicted molar refractivity (Wildman–Crippen MR) is 93.3 cm³/mol. The smallest absolute Gasteiger partial charge is 0.262 e. The van der Waals surface area contributed by atoms with Crippen LogP contribution in [0.25, 0.3) is 0 Å². The van der Waals surface area contributed by atoms with Gasteiger partial charge in [-0.05, 0) is 43.0 Å². The van der Waals surface area contributed by atoms with Crippen LogP contribution in [0.1, 0.15) is 55.6 Å². The third kappa shape index (κ3) is 4.78. The highest BCUT2D eigenvalue weighted by Crippen LogP contribution is 2.27. The Hall–Kier alpha value is -0.920. The minimum absolute atomic E-state index is 0.158. The van der Waals surface area contributed by atoms with Crippen LogP contribution < -0.4 is 5.32 Å². The van der Waals surface area contributed by atoms with Crippen LogP contribution in [0.4, 0.5) is 0 Å². The highest BCUT2D eigenvalue weighted by molar-refractivity contribution is 7.89. The molecule has 2 rings (SSSR count). The molecule has 0 aliphatic carbocycles. The van der Waals surface area contributed by atoms with E-state index in [1.165, 1.54) is 15.6 Å². The first-order valence-corrected chi connectivity index (χ1v) is 10.6. The number of nitrogens with one attached hydrogen (secondary N) is 1. The van der Waals surface area contributed by atoms with Crippen LogP contribution in [0.5, 0.6) is 0 Å². The van der Waals surface area contributed by atoms with Crippen molar-refractivity contribution >= 4 is 27.3 Å². The number of sulfonamides is 1. The molecule has 1 N–H and O–H groups in total. The summed E-state index contributed by atoms with van der Waals surface area (Å²) in [5, 5.41) is 4.52. The zero-order chi connectivity index (χ0) is 16.9. The summed E-state index contributed by atoms with van der Waals surface area (Å²) in [7, 11) is -3.56. The lowest BCUT2D eigenvalue weighted by Gasteiger charge is -2.25. The van der Waals surface area contributed by atoms with Crippen LogP contribution in [-0.4, -0.2) is 38.3 Å². The maximum Gasteiger partial charge on any atom is 0.262 e. The Labute approximate surface area is 143 Å². The minimum Gasteiger partial charge on any atom is -0.351 e. The van der Waals surface area contributed by atoms with Gasteiger partial charge >= 0.3 is 0 Å². The summed E-state index contributed by atoms with van der Waals surface area (Å²) >= 11 is 1.19. The number of carbonyl (C=O) groups is 1. The maximum atomic E-state index is 12.7. The highest BCUT2D eigenvalue weighted by atomic mass is 32.2. The van der Waals surface area contributed by atoms with Gasteiger partial charge in [0.05, 0.1) is 0 Å². The van der Waals surface area contributed by atoms with Gasteiger partial charge in [0.2, 0.25) is 10.0 Å². The second-order valence-corrected chi connectivity index (χ2v) is 9.19. The Bertz CT molecular complexity index is 617. The Morgan fingerprint density at radius 3 is 2.65 bits per heavy atom. The van der Waals surface area contributed by atoms with Crippen molar-refractivity contribution in [2.75, 3.05) is 19.6 Å². The minimum atomic E-state index is -3.56. The van der Waals surface area contributed by atoms with Gasteiger partial charge in [-0.15, -0.1) is 11.3 Å². The molecule has 23 heavy (non-hydrogen) atoms. The van der Waals surface area contributed by atoms with Gasteiger partial charge in [-0.2, -0.15) is 4.31 Å². The van der Waals surface area contributed by atoms with Crippen molar-refractivity contribution in [1.82, 2.24) is 9.62 Å². The number of amides is 1. The molecule has 1 aromatic rings. The van der Waals surface area contributed by atoms with E-state index in [4.69, 9.17) is 0 Å². The highest BCUT2D eigenvalue weighted by Gasteiger charge is 2.30. The molecule has 1 aliphatic rings. The topological polar surface area (TPSA) is 66.5 Å². The van der Waals surface area contributed by atoms with Crippen LogP contribution in [-0.2, 0) is 10.0 Å². The SMILES string of the molecule is CC(C)CCCNC(=O)c1sccc1S(=O)(=O)N1CCCCC1. The molecule has 2 heterocycles. The van der Waals surface area contributed by atoms with Gasteiger partial charge in [0, 0.05) is 19.6 Å². The summed E-state index contributed by atoms with van der Waals surface area (Å²) in [5.41, 5.74) is 0. The van der Waals surface area contributed by atoms with Crippen molar-refractivity contribution in [2.24, 2.45) is 5.92 Å². The molecule has 0 aromatic carbocycles. The van der Waals surface area contributed by atoms with E-state index in [-0.39, 0.29) is 10.8 Å². The first-order chi connectivity index (χ1) is 10.9. The van der Waals surface area contributed by atoms with Crippen LogP contribution in [0, 0.1) is 5.92 Å². The van der Waals surface area contributed by atoms with E-state index in [2.05, 4.69) is 19.2 Å². The van der Waals surface area contributed by atoms with E-state index in [0.29, 0.717) is 30.4 Å². The zero-order valence-corrected chi connectivity index (χ0v) is 15.5. The quantitative estimate of drug-likeness (QED) is 0.762. The molecule has 0 saturated carbocycles. The van der Waals surface area contributed by atoms with Gasteiger partial charge < -0.3 is 5.32 Å². The molecule has 0 spiro atoms. The summed E-state index contributed by atoms with van der Waals surface area (Å²) in [5.74, 6) is 0.322. The first-order valence-electron chi connectivity index (χ1n) is 8.28. The van der Waals surface area contributed by atoms with Crippen LogP contribution in [0.3, 0.4) is 0 Å². The largest absolute Gasteiger partial charge is 0.351 e. The third-order valence-corrected chi connectivity index (χ3v) is 7.00. The molecule has 5 nitrogen and oxygen atoms in total. The standard InChI is InChI=1S/C16H26N2O3S2/c1-13(2)7-6-9-17-16(19)15-14(8-12-22-15)23(20,21)18-10-4-3-5-11-18/h8,12-13H,3-7,9-11H2,1-2H3,(H,17,19). The number of hydrogen-bond acceptors (Lipinski definition) is 4. The Kier molecular flexibility index (Phi) is 6.61. The second-order valence-electron chi connectivity index (χ2n) is 6.37. The van der Waals surface area contributed by atoms with E-state index >= 15 is 0 Å². The lowest BCUT2D eigenvalue weighted by Crippen LogP contribution is -2.36. The monoisotopic (exact) mass is 358 g/mol. The normalized spacial score (nSPS) is 16.7. The number of thiophene rings is 1. The number of hydrogen-bond donors (Lipinski definition) is 1. The average Bonchev–Trinajstić information content (AvgIpc) is 3.02. The van der Waals surface area contributed by atoms with Crippen molar-refractivity contribution in [3.05, 3.63) is 16.3 Å². The summed E-state index contributed by atoms with van der Waals surface area (Å²) in [6.45, 7) is 5.97. The molecular formula is C16H26N2O3S2. The van der Waals surface area contributed by atoms with Crippen LogP contribution >= 0.6 is 11.3 Å². The summed E-state index contributed by atoms with van der Waals surface area (Å²) in [6, 6.07) is 1.55. The first kappa shape index (κ1) is 18.4. The van der Waals surface area contributed by atoms with Crippen molar-refractivity contribution in [3.8, 4) is 0 Å². The summed E-state index contributed by atoms with van der Waals surface area (Å²) < 4.78 is 27.0. The van der Waals surface area contributed by atoms with Crippen LogP contribution in [0.15, 0.2) is 16.3 Å². The van der Waals surface area contributed by atoms with Crippen molar-refractivity contribution < 1.29 is 13.2 Å². The van der Waals surface area contributed by atoms with Crippen molar-refractivity contribution in [2.45, 2.75) is 50.8 Å². The molecule has 1 aliphatic heterocycles. The number of nitrogens with zero attached hydrogens (tertiary/aromatic N) is 1.